The molecule has 1 heterocycles. The maximum Gasteiger partial charge on any atom is 0.321 e. The average molecular weight is 441 g/mol. The quantitative estimate of drug-likeness (QED) is 0.344. The summed E-state index contributed by atoms with van der Waals surface area (Å²) >= 11 is 0. The summed E-state index contributed by atoms with van der Waals surface area (Å²) in [5.41, 5.74) is 5.56. The molecule has 2 atom stereocenters. The summed E-state index contributed by atoms with van der Waals surface area (Å²) in [6.45, 7) is 2.28. The van der Waals surface area contributed by atoms with E-state index in [0.29, 0.717) is 6.54 Å². The second-order valence-electron chi connectivity index (χ2n) is 7.99. The first-order valence-electron chi connectivity index (χ1n) is 11.1. The van der Waals surface area contributed by atoms with Gasteiger partial charge >= 0.3 is 6.03 Å². The Labute approximate surface area is 193 Å². The number of hydrogen-bond acceptors (Lipinski definition) is 3. The number of H-pyrrole nitrogens is 1. The fraction of sp³-hybridized carbons (Fsp3) is 0.185. The van der Waals surface area contributed by atoms with Crippen molar-refractivity contribution < 1.29 is 9.59 Å². The predicted molar refractivity (Wildman–Crippen MR) is 132 cm³/mol. The number of carbonyl (C=O) groups is 2. The first kappa shape index (κ1) is 22.3. The molecule has 6 heteroatoms. The van der Waals surface area contributed by atoms with E-state index in [1.807, 2.05) is 48.5 Å². The van der Waals surface area contributed by atoms with Gasteiger partial charge in [0.15, 0.2) is 0 Å². The number of carbonyl (C=O) groups excluding carboxylic acids is 2. The predicted octanol–water partition coefficient (Wildman–Crippen LogP) is 4.40. The third-order valence-corrected chi connectivity index (χ3v) is 5.84. The molecular weight excluding hydrogens is 412 g/mol. The molecule has 4 rings (SSSR count). The molecule has 6 nitrogen and oxygen atoms in total. The Balaban J connectivity index is 1.75. The van der Waals surface area contributed by atoms with Crippen LogP contribution in [0.4, 0.5) is 4.79 Å². The highest BCUT2D eigenvalue weighted by Crippen LogP contribution is 2.38. The van der Waals surface area contributed by atoms with Crippen molar-refractivity contribution in [2.75, 3.05) is 13.6 Å². The fourth-order valence-electron chi connectivity index (χ4n) is 4.10. The summed E-state index contributed by atoms with van der Waals surface area (Å²) < 4.78 is 0. The summed E-state index contributed by atoms with van der Waals surface area (Å²) in [5.74, 6) is -0.392. The van der Waals surface area contributed by atoms with E-state index in [1.165, 1.54) is 12.6 Å². The van der Waals surface area contributed by atoms with Crippen molar-refractivity contribution in [3.8, 4) is 11.3 Å². The van der Waals surface area contributed by atoms with Gasteiger partial charge < -0.3 is 15.6 Å². The van der Waals surface area contributed by atoms with Crippen LogP contribution in [-0.2, 0) is 4.79 Å². The van der Waals surface area contributed by atoms with Crippen molar-refractivity contribution in [2.45, 2.75) is 18.9 Å². The minimum absolute atomic E-state index is 0.0205. The van der Waals surface area contributed by atoms with Crippen LogP contribution in [0.2, 0.25) is 0 Å². The lowest BCUT2D eigenvalue weighted by Crippen LogP contribution is -2.48. The minimum atomic E-state index is -0.543. The van der Waals surface area contributed by atoms with Crippen LogP contribution in [0.5, 0.6) is 0 Å². The van der Waals surface area contributed by atoms with E-state index in [0.717, 1.165) is 27.7 Å². The Hall–Kier alpha value is -3.90. The highest BCUT2D eigenvalue weighted by molar-refractivity contribution is 5.96. The highest BCUT2D eigenvalue weighted by Gasteiger charge is 2.25. The Morgan fingerprint density at radius 3 is 2.21 bits per heavy atom. The van der Waals surface area contributed by atoms with Gasteiger partial charge in [0, 0.05) is 30.4 Å². The number of para-hydroxylation sites is 1. The number of rotatable bonds is 7. The van der Waals surface area contributed by atoms with Crippen molar-refractivity contribution >= 4 is 22.8 Å². The molecule has 168 valence electrons. The van der Waals surface area contributed by atoms with E-state index in [9.17, 15) is 9.59 Å². The van der Waals surface area contributed by atoms with Gasteiger partial charge in [0.1, 0.15) is 0 Å². The number of nitrogens with one attached hydrogen (secondary N) is 4. The molecule has 33 heavy (non-hydrogen) atoms. The lowest BCUT2D eigenvalue weighted by molar-refractivity contribution is -0.121. The first-order chi connectivity index (χ1) is 16.1. The van der Waals surface area contributed by atoms with Crippen LogP contribution in [0.25, 0.3) is 22.2 Å². The fourth-order valence-corrected chi connectivity index (χ4v) is 4.10. The number of hydrogen-bond donors (Lipinski definition) is 4. The van der Waals surface area contributed by atoms with Crippen LogP contribution in [0.3, 0.4) is 0 Å². The number of aromatic amines is 1. The molecular formula is C27H28N4O2. The van der Waals surface area contributed by atoms with Crippen molar-refractivity contribution in [3.63, 3.8) is 0 Å². The number of aromatic nitrogens is 1. The molecule has 0 aliphatic carbocycles. The van der Waals surface area contributed by atoms with E-state index in [2.05, 4.69) is 57.3 Å². The van der Waals surface area contributed by atoms with Gasteiger partial charge in [0.05, 0.1) is 11.7 Å². The van der Waals surface area contributed by atoms with E-state index in [1.54, 1.807) is 6.92 Å². The van der Waals surface area contributed by atoms with Gasteiger partial charge in [-0.15, -0.1) is 0 Å². The van der Waals surface area contributed by atoms with E-state index in [-0.39, 0.29) is 11.8 Å². The molecule has 0 spiro atoms. The summed E-state index contributed by atoms with van der Waals surface area (Å²) in [4.78, 5) is 27.6. The second-order valence-corrected chi connectivity index (χ2v) is 7.99. The van der Waals surface area contributed by atoms with Crippen molar-refractivity contribution in [2.24, 2.45) is 0 Å². The minimum Gasteiger partial charge on any atom is -0.354 e. The number of amides is 3. The van der Waals surface area contributed by atoms with Crippen LogP contribution in [0.1, 0.15) is 24.0 Å². The number of urea groups is 1. The van der Waals surface area contributed by atoms with E-state index >= 15 is 0 Å². The monoisotopic (exact) mass is 440 g/mol. The van der Waals surface area contributed by atoms with Crippen molar-refractivity contribution in [1.82, 2.24) is 20.9 Å². The van der Waals surface area contributed by atoms with Gasteiger partial charge in [-0.2, -0.15) is 0 Å². The summed E-state index contributed by atoms with van der Waals surface area (Å²) in [5, 5.41) is 9.23. The number of benzene rings is 3. The number of fused-ring (bicyclic) bond motifs is 1. The Morgan fingerprint density at radius 2 is 1.52 bits per heavy atom. The van der Waals surface area contributed by atoms with Crippen LogP contribution < -0.4 is 16.0 Å². The summed E-state index contributed by atoms with van der Waals surface area (Å²) in [7, 11) is 1.48. The molecule has 0 saturated heterocycles. The lowest BCUT2D eigenvalue weighted by atomic mass is 9.87. The first-order valence-corrected chi connectivity index (χ1v) is 11.1. The molecule has 0 aliphatic heterocycles. The topological polar surface area (TPSA) is 86.0 Å². The van der Waals surface area contributed by atoms with Gasteiger partial charge in [-0.25, -0.2) is 4.79 Å². The van der Waals surface area contributed by atoms with Gasteiger partial charge in [0.25, 0.3) is 0 Å². The molecule has 0 radical (unpaired) electrons. The lowest BCUT2D eigenvalue weighted by Gasteiger charge is -2.22. The Bertz CT molecular complexity index is 1230. The van der Waals surface area contributed by atoms with E-state index < -0.39 is 12.1 Å². The van der Waals surface area contributed by atoms with Gasteiger partial charge in [-0.05, 0) is 29.7 Å². The molecule has 4 N–H and O–H groups in total. The average Bonchev–Trinajstić information content (AvgIpc) is 3.24. The smallest absolute Gasteiger partial charge is 0.321 e. The number of imide groups is 1. The summed E-state index contributed by atoms with van der Waals surface area (Å²) in [6.07, 6.45) is 0. The maximum absolute atomic E-state index is 12.4. The zero-order valence-corrected chi connectivity index (χ0v) is 18.8. The Morgan fingerprint density at radius 1 is 0.879 bits per heavy atom. The highest BCUT2D eigenvalue weighted by atomic mass is 16.2. The molecule has 4 aromatic rings. The van der Waals surface area contributed by atoms with Crippen molar-refractivity contribution in [1.29, 1.82) is 0 Å². The van der Waals surface area contributed by atoms with Crippen LogP contribution in [-0.4, -0.2) is 36.6 Å². The molecule has 0 bridgehead atoms. The van der Waals surface area contributed by atoms with Gasteiger partial charge in [-0.3, -0.25) is 10.1 Å². The maximum atomic E-state index is 12.4. The molecule has 0 fully saturated rings. The molecule has 3 aromatic carbocycles. The van der Waals surface area contributed by atoms with Crippen molar-refractivity contribution in [3.05, 3.63) is 96.1 Å². The normalized spacial score (nSPS) is 12.8. The molecule has 2 unspecified atom stereocenters. The van der Waals surface area contributed by atoms with Crippen LogP contribution in [0, 0.1) is 0 Å². The standard InChI is InChI=1S/C27H28N4O2/c1-18(26(32)31-27(33)28-2)29-17-22(19-11-5-3-6-12-19)24-21-15-9-10-16-23(21)30-25(24)20-13-7-4-8-14-20/h3-16,18,22,29-30H,17H2,1-2H3,(H2,28,31,32,33). The largest absolute Gasteiger partial charge is 0.354 e. The van der Waals surface area contributed by atoms with Gasteiger partial charge in [0.2, 0.25) is 5.91 Å². The molecule has 0 saturated carbocycles. The summed E-state index contributed by atoms with van der Waals surface area (Å²) in [6, 6.07) is 27.8. The second kappa shape index (κ2) is 10.1. The zero-order valence-electron chi connectivity index (χ0n) is 18.8. The molecule has 0 aliphatic rings. The van der Waals surface area contributed by atoms with Gasteiger partial charge in [-0.1, -0.05) is 78.9 Å². The van der Waals surface area contributed by atoms with Crippen LogP contribution in [0.15, 0.2) is 84.9 Å². The third-order valence-electron chi connectivity index (χ3n) is 5.84. The third kappa shape index (κ3) is 4.96. The molecule has 1 aromatic heterocycles. The van der Waals surface area contributed by atoms with Crippen LogP contribution >= 0.6 is 0 Å². The van der Waals surface area contributed by atoms with E-state index in [4.69, 9.17) is 0 Å². The zero-order chi connectivity index (χ0) is 23.2. The SMILES string of the molecule is CNC(=O)NC(=O)C(C)NCC(c1ccccc1)c1c(-c2ccccc2)[nH]c2ccccc12. The molecule has 3 amide bonds. The Kier molecular flexibility index (Phi) is 6.86.